The minimum atomic E-state index is -0.768. The summed E-state index contributed by atoms with van der Waals surface area (Å²) in [5.74, 6) is -0.196. The molecular weight excluding hydrogens is 256 g/mol. The zero-order valence-electron chi connectivity index (χ0n) is 12.0. The van der Waals surface area contributed by atoms with Crippen LogP contribution in [0.4, 0.5) is 0 Å². The summed E-state index contributed by atoms with van der Waals surface area (Å²) in [6, 6.07) is 3.44. The second-order valence-electron chi connectivity index (χ2n) is 5.22. The summed E-state index contributed by atoms with van der Waals surface area (Å²) >= 11 is 0. The lowest BCUT2D eigenvalue weighted by atomic mass is 9.88. The van der Waals surface area contributed by atoms with Gasteiger partial charge in [-0.2, -0.15) is 0 Å². The highest BCUT2D eigenvalue weighted by Crippen LogP contribution is 2.20. The third-order valence-corrected chi connectivity index (χ3v) is 3.40. The number of carbonyl (C=O) groups excluding carboxylic acids is 1. The smallest absolute Gasteiger partial charge is 0.303 e. The summed E-state index contributed by atoms with van der Waals surface area (Å²) in [4.78, 5) is 26.3. The maximum atomic E-state index is 11.8. The Hall–Kier alpha value is -1.91. The first kappa shape index (κ1) is 16.1. The molecule has 5 heteroatoms. The van der Waals surface area contributed by atoms with E-state index in [1.54, 1.807) is 18.3 Å². The van der Waals surface area contributed by atoms with Gasteiger partial charge in [-0.15, -0.1) is 0 Å². The molecular formula is C15H22N2O3. The standard InChI is InChI=1S/C15H22N2O3/c1-11(2)12(5-6-14(18)19)7-9-17-15(20)13-4-3-8-16-10-13/h3-4,8,10-12H,5-7,9H2,1-2H3,(H,17,20)(H,18,19). The van der Waals surface area contributed by atoms with E-state index in [4.69, 9.17) is 5.11 Å². The molecule has 0 aliphatic rings. The molecule has 1 rings (SSSR count). The second kappa shape index (κ2) is 8.30. The third kappa shape index (κ3) is 5.82. The molecule has 2 N–H and O–H groups in total. The van der Waals surface area contributed by atoms with E-state index in [9.17, 15) is 9.59 Å². The normalized spacial score (nSPS) is 12.2. The summed E-state index contributed by atoms with van der Waals surface area (Å²) in [6.45, 7) is 4.71. The van der Waals surface area contributed by atoms with Crippen LogP contribution in [-0.2, 0) is 4.79 Å². The number of nitrogens with zero attached hydrogens (tertiary/aromatic N) is 1. The SMILES string of the molecule is CC(C)C(CCNC(=O)c1cccnc1)CCC(=O)O. The molecule has 5 nitrogen and oxygen atoms in total. The van der Waals surface area contributed by atoms with Gasteiger partial charge in [0.2, 0.25) is 0 Å². The molecule has 1 unspecified atom stereocenters. The molecule has 0 aliphatic carbocycles. The molecule has 1 heterocycles. The number of carbonyl (C=O) groups is 2. The summed E-state index contributed by atoms with van der Waals surface area (Å²) in [6.07, 6.45) is 4.77. The van der Waals surface area contributed by atoms with Crippen LogP contribution in [0, 0.1) is 11.8 Å². The molecule has 20 heavy (non-hydrogen) atoms. The molecule has 0 aromatic carbocycles. The van der Waals surface area contributed by atoms with Gasteiger partial charge >= 0.3 is 5.97 Å². The molecule has 0 aliphatic heterocycles. The average molecular weight is 278 g/mol. The van der Waals surface area contributed by atoms with Gasteiger partial charge in [0.15, 0.2) is 0 Å². The molecule has 1 aromatic heterocycles. The van der Waals surface area contributed by atoms with Crippen molar-refractivity contribution in [3.05, 3.63) is 30.1 Å². The minimum Gasteiger partial charge on any atom is -0.481 e. The predicted molar refractivity (Wildman–Crippen MR) is 76.4 cm³/mol. The van der Waals surface area contributed by atoms with Gasteiger partial charge in [0.05, 0.1) is 5.56 Å². The first-order valence-electron chi connectivity index (χ1n) is 6.90. The summed E-state index contributed by atoms with van der Waals surface area (Å²) < 4.78 is 0. The molecule has 1 atom stereocenters. The highest BCUT2D eigenvalue weighted by Gasteiger charge is 2.15. The van der Waals surface area contributed by atoms with Crippen LogP contribution in [0.3, 0.4) is 0 Å². The molecule has 0 saturated carbocycles. The van der Waals surface area contributed by atoms with Crippen molar-refractivity contribution in [1.82, 2.24) is 10.3 Å². The maximum Gasteiger partial charge on any atom is 0.303 e. The molecule has 1 aromatic rings. The van der Waals surface area contributed by atoms with Gasteiger partial charge in [-0.05, 0) is 36.8 Å². The molecule has 0 bridgehead atoms. The quantitative estimate of drug-likeness (QED) is 0.765. The van der Waals surface area contributed by atoms with E-state index in [-0.39, 0.29) is 12.3 Å². The minimum absolute atomic E-state index is 0.140. The van der Waals surface area contributed by atoms with E-state index >= 15 is 0 Å². The van der Waals surface area contributed by atoms with Gasteiger partial charge in [-0.1, -0.05) is 13.8 Å². The topological polar surface area (TPSA) is 79.3 Å². The second-order valence-corrected chi connectivity index (χ2v) is 5.22. The van der Waals surface area contributed by atoms with Crippen molar-refractivity contribution in [2.24, 2.45) is 11.8 Å². The van der Waals surface area contributed by atoms with Gasteiger partial charge in [0.1, 0.15) is 0 Å². The zero-order chi connectivity index (χ0) is 15.0. The van der Waals surface area contributed by atoms with E-state index in [0.29, 0.717) is 30.4 Å². The third-order valence-electron chi connectivity index (χ3n) is 3.40. The van der Waals surface area contributed by atoms with E-state index in [0.717, 1.165) is 6.42 Å². The molecule has 110 valence electrons. The van der Waals surface area contributed by atoms with Gasteiger partial charge in [-0.25, -0.2) is 0 Å². The number of hydrogen-bond donors (Lipinski definition) is 2. The molecule has 0 radical (unpaired) electrons. The van der Waals surface area contributed by atoms with E-state index < -0.39 is 5.97 Å². The lowest BCUT2D eigenvalue weighted by Crippen LogP contribution is -2.27. The van der Waals surface area contributed by atoms with Crippen molar-refractivity contribution in [1.29, 1.82) is 0 Å². The number of hydrogen-bond acceptors (Lipinski definition) is 3. The van der Waals surface area contributed by atoms with Crippen molar-refractivity contribution >= 4 is 11.9 Å². The molecule has 0 spiro atoms. The Morgan fingerprint density at radius 2 is 2.10 bits per heavy atom. The molecule has 0 saturated heterocycles. The average Bonchev–Trinajstić information content (AvgIpc) is 2.42. The Morgan fingerprint density at radius 1 is 1.35 bits per heavy atom. The fourth-order valence-corrected chi connectivity index (χ4v) is 2.09. The van der Waals surface area contributed by atoms with Crippen molar-refractivity contribution in [3.63, 3.8) is 0 Å². The highest BCUT2D eigenvalue weighted by molar-refractivity contribution is 5.93. The summed E-state index contributed by atoms with van der Waals surface area (Å²) in [5, 5.41) is 11.6. The van der Waals surface area contributed by atoms with Crippen molar-refractivity contribution in [2.45, 2.75) is 33.1 Å². The summed E-state index contributed by atoms with van der Waals surface area (Å²) in [7, 11) is 0. The van der Waals surface area contributed by atoms with Gasteiger partial charge in [0, 0.05) is 25.4 Å². The summed E-state index contributed by atoms with van der Waals surface area (Å²) in [5.41, 5.74) is 0.541. The number of rotatable bonds is 8. The highest BCUT2D eigenvalue weighted by atomic mass is 16.4. The van der Waals surface area contributed by atoms with E-state index in [1.165, 1.54) is 6.20 Å². The van der Waals surface area contributed by atoms with Crippen molar-refractivity contribution in [3.8, 4) is 0 Å². The predicted octanol–water partition coefficient (Wildman–Crippen LogP) is 2.34. The number of carboxylic acid groups (broad SMARTS) is 1. The van der Waals surface area contributed by atoms with Crippen LogP contribution in [0.2, 0.25) is 0 Å². The number of carboxylic acids is 1. The van der Waals surface area contributed by atoms with Crippen LogP contribution in [0.15, 0.2) is 24.5 Å². The number of pyridine rings is 1. The number of aliphatic carboxylic acids is 1. The van der Waals surface area contributed by atoms with Crippen LogP contribution in [0.25, 0.3) is 0 Å². The van der Waals surface area contributed by atoms with Crippen LogP contribution in [-0.4, -0.2) is 28.5 Å². The van der Waals surface area contributed by atoms with E-state index in [1.807, 2.05) is 0 Å². The fourth-order valence-electron chi connectivity index (χ4n) is 2.09. The maximum absolute atomic E-state index is 11.8. The van der Waals surface area contributed by atoms with Gasteiger partial charge < -0.3 is 10.4 Å². The van der Waals surface area contributed by atoms with Crippen molar-refractivity contribution in [2.75, 3.05) is 6.54 Å². The van der Waals surface area contributed by atoms with Crippen LogP contribution >= 0.6 is 0 Å². The Labute approximate surface area is 119 Å². The first-order chi connectivity index (χ1) is 9.50. The monoisotopic (exact) mass is 278 g/mol. The van der Waals surface area contributed by atoms with Crippen LogP contribution < -0.4 is 5.32 Å². The number of amides is 1. The zero-order valence-corrected chi connectivity index (χ0v) is 12.0. The van der Waals surface area contributed by atoms with Gasteiger partial charge in [0.25, 0.3) is 5.91 Å². The van der Waals surface area contributed by atoms with E-state index in [2.05, 4.69) is 24.1 Å². The lowest BCUT2D eigenvalue weighted by molar-refractivity contribution is -0.137. The Kier molecular flexibility index (Phi) is 6.70. The van der Waals surface area contributed by atoms with Crippen LogP contribution in [0.5, 0.6) is 0 Å². The Bertz CT molecular complexity index is 432. The molecule has 1 amide bonds. The Balaban J connectivity index is 2.37. The van der Waals surface area contributed by atoms with Gasteiger partial charge in [-0.3, -0.25) is 14.6 Å². The molecule has 0 fully saturated rings. The largest absolute Gasteiger partial charge is 0.481 e. The van der Waals surface area contributed by atoms with Crippen molar-refractivity contribution < 1.29 is 14.7 Å². The number of nitrogens with one attached hydrogen (secondary N) is 1. The fraction of sp³-hybridized carbons (Fsp3) is 0.533. The van der Waals surface area contributed by atoms with Crippen LogP contribution in [0.1, 0.15) is 43.5 Å². The first-order valence-corrected chi connectivity index (χ1v) is 6.90. The number of aromatic nitrogens is 1. The Morgan fingerprint density at radius 3 is 2.65 bits per heavy atom. The lowest BCUT2D eigenvalue weighted by Gasteiger charge is -2.20.